The lowest BCUT2D eigenvalue weighted by Crippen LogP contribution is -2.32. The molecule has 116 valence electrons. The van der Waals surface area contributed by atoms with E-state index in [0.717, 1.165) is 29.9 Å². The highest BCUT2D eigenvalue weighted by Crippen LogP contribution is 2.51. The summed E-state index contributed by atoms with van der Waals surface area (Å²) in [7, 11) is 0. The molecule has 4 heteroatoms. The number of ether oxygens (including phenoxy) is 2. The van der Waals surface area contributed by atoms with Gasteiger partial charge in [-0.1, -0.05) is 31.4 Å². The van der Waals surface area contributed by atoms with Crippen LogP contribution in [0.15, 0.2) is 12.1 Å². The highest BCUT2D eigenvalue weighted by atomic mass is 35.5. The van der Waals surface area contributed by atoms with Crippen molar-refractivity contribution in [3.05, 3.63) is 22.7 Å². The van der Waals surface area contributed by atoms with E-state index in [1.807, 2.05) is 12.1 Å². The Morgan fingerprint density at radius 2 is 1.76 bits per heavy atom. The minimum Gasteiger partial charge on any atom is -0.490 e. The summed E-state index contributed by atoms with van der Waals surface area (Å²) >= 11 is 6.49. The van der Waals surface area contributed by atoms with Crippen LogP contribution in [0.4, 0.5) is 0 Å². The minimum absolute atomic E-state index is 0.0327. The quantitative estimate of drug-likeness (QED) is 0.896. The van der Waals surface area contributed by atoms with Gasteiger partial charge >= 0.3 is 0 Å². The number of rotatable bonds is 3. The van der Waals surface area contributed by atoms with Crippen molar-refractivity contribution in [2.45, 2.75) is 51.5 Å². The predicted molar refractivity (Wildman–Crippen MR) is 85.2 cm³/mol. The van der Waals surface area contributed by atoms with Gasteiger partial charge in [-0.3, -0.25) is 0 Å². The first kappa shape index (κ1) is 15.0. The lowest BCUT2D eigenvalue weighted by molar-refractivity contribution is 0.221. The molecule has 0 aromatic heterocycles. The van der Waals surface area contributed by atoms with Gasteiger partial charge in [0.15, 0.2) is 11.5 Å². The fourth-order valence-electron chi connectivity index (χ4n) is 3.73. The monoisotopic (exact) mass is 309 g/mol. The van der Waals surface area contributed by atoms with Crippen LogP contribution in [-0.4, -0.2) is 13.2 Å². The highest BCUT2D eigenvalue weighted by molar-refractivity contribution is 6.31. The van der Waals surface area contributed by atoms with Crippen LogP contribution in [0.25, 0.3) is 0 Å². The number of halogens is 1. The van der Waals surface area contributed by atoms with Crippen LogP contribution < -0.4 is 15.2 Å². The molecule has 2 N–H and O–H groups in total. The lowest BCUT2D eigenvalue weighted by atomic mass is 9.74. The molecule has 1 fully saturated rings. The second-order valence-corrected chi connectivity index (χ2v) is 6.68. The molecular weight excluding hydrogens is 286 g/mol. The molecule has 21 heavy (non-hydrogen) atoms. The van der Waals surface area contributed by atoms with Crippen LogP contribution >= 0.6 is 11.6 Å². The van der Waals surface area contributed by atoms with Crippen LogP contribution in [-0.2, 0) is 0 Å². The van der Waals surface area contributed by atoms with Crippen LogP contribution in [0, 0.1) is 5.41 Å². The van der Waals surface area contributed by atoms with Gasteiger partial charge in [-0.25, -0.2) is 0 Å². The Morgan fingerprint density at radius 3 is 2.38 bits per heavy atom. The molecule has 1 aliphatic heterocycles. The summed E-state index contributed by atoms with van der Waals surface area (Å²) in [6.07, 6.45) is 6.91. The van der Waals surface area contributed by atoms with Crippen molar-refractivity contribution in [2.24, 2.45) is 11.1 Å². The van der Waals surface area contributed by atoms with Crippen molar-refractivity contribution < 1.29 is 9.47 Å². The molecule has 1 unspecified atom stereocenters. The van der Waals surface area contributed by atoms with Gasteiger partial charge < -0.3 is 15.2 Å². The second-order valence-electron chi connectivity index (χ2n) is 6.27. The van der Waals surface area contributed by atoms with Crippen molar-refractivity contribution >= 4 is 11.6 Å². The third-order valence-corrected chi connectivity index (χ3v) is 5.49. The Hall–Kier alpha value is -0.930. The SMILES string of the molecule is CCC1(C(N)c2cc3c(cc2Cl)OCCCO3)CCCC1. The predicted octanol–water partition coefficient (Wildman–Crippen LogP) is 4.47. The molecule has 0 bridgehead atoms. The maximum Gasteiger partial charge on any atom is 0.162 e. The Balaban J connectivity index is 1.96. The fourth-order valence-corrected chi connectivity index (χ4v) is 4.00. The van der Waals surface area contributed by atoms with Crippen LogP contribution in [0.5, 0.6) is 11.5 Å². The molecule has 3 rings (SSSR count). The van der Waals surface area contributed by atoms with Crippen LogP contribution in [0.2, 0.25) is 5.02 Å². The second kappa shape index (κ2) is 6.05. The summed E-state index contributed by atoms with van der Waals surface area (Å²) in [6.45, 7) is 3.60. The molecule has 0 saturated heterocycles. The maximum atomic E-state index is 6.64. The highest BCUT2D eigenvalue weighted by Gasteiger charge is 2.39. The topological polar surface area (TPSA) is 44.5 Å². The zero-order chi connectivity index (χ0) is 14.9. The Labute approximate surface area is 131 Å². The molecule has 1 atom stereocenters. The van der Waals surface area contributed by atoms with E-state index in [2.05, 4.69) is 6.92 Å². The van der Waals surface area contributed by atoms with Crippen LogP contribution in [0.1, 0.15) is 57.1 Å². The summed E-state index contributed by atoms with van der Waals surface area (Å²) in [6, 6.07) is 3.84. The summed E-state index contributed by atoms with van der Waals surface area (Å²) in [5.41, 5.74) is 7.83. The zero-order valence-corrected chi connectivity index (χ0v) is 13.4. The molecule has 3 nitrogen and oxygen atoms in total. The van der Waals surface area contributed by atoms with Crippen LogP contribution in [0.3, 0.4) is 0 Å². The summed E-state index contributed by atoms with van der Waals surface area (Å²) in [4.78, 5) is 0. The Bertz CT molecular complexity index is 512. The van der Waals surface area contributed by atoms with Gasteiger partial charge in [0.25, 0.3) is 0 Å². The van der Waals surface area contributed by atoms with E-state index in [1.165, 1.54) is 25.7 Å². The van der Waals surface area contributed by atoms with Gasteiger partial charge in [-0.15, -0.1) is 0 Å². The van der Waals surface area contributed by atoms with Crippen molar-refractivity contribution in [1.29, 1.82) is 0 Å². The van der Waals surface area contributed by atoms with Crippen molar-refractivity contribution in [1.82, 2.24) is 0 Å². The number of nitrogens with two attached hydrogens (primary N) is 1. The largest absolute Gasteiger partial charge is 0.490 e. The summed E-state index contributed by atoms with van der Waals surface area (Å²) in [5, 5.41) is 0.700. The molecule has 1 saturated carbocycles. The average Bonchev–Trinajstić information content (AvgIpc) is 2.87. The number of benzene rings is 1. The molecule has 0 spiro atoms. The first-order chi connectivity index (χ1) is 10.2. The molecule has 1 aliphatic carbocycles. The van der Waals surface area contributed by atoms with E-state index in [0.29, 0.717) is 18.2 Å². The van der Waals surface area contributed by atoms with Crippen molar-refractivity contribution in [3.8, 4) is 11.5 Å². The molecule has 0 radical (unpaired) electrons. The molecule has 1 aromatic rings. The molecular formula is C17H24ClNO2. The normalized spacial score (nSPS) is 21.9. The van der Waals surface area contributed by atoms with E-state index in [-0.39, 0.29) is 11.5 Å². The summed E-state index contributed by atoms with van der Waals surface area (Å²) < 4.78 is 11.5. The molecule has 0 amide bonds. The fraction of sp³-hybridized carbons (Fsp3) is 0.647. The van der Waals surface area contributed by atoms with E-state index in [4.69, 9.17) is 26.8 Å². The standard InChI is InChI=1S/C17H24ClNO2/c1-2-17(6-3-4-7-17)16(19)12-10-14-15(11-13(12)18)21-9-5-8-20-14/h10-11,16H,2-9,19H2,1H3. The zero-order valence-electron chi connectivity index (χ0n) is 12.7. The molecule has 2 aliphatic rings. The average molecular weight is 310 g/mol. The van der Waals surface area contributed by atoms with E-state index >= 15 is 0 Å². The van der Waals surface area contributed by atoms with Gasteiger partial charge in [0.05, 0.1) is 13.2 Å². The first-order valence-corrected chi connectivity index (χ1v) is 8.39. The summed E-state index contributed by atoms with van der Waals surface area (Å²) in [5.74, 6) is 1.53. The maximum absolute atomic E-state index is 6.64. The van der Waals surface area contributed by atoms with Gasteiger partial charge in [0, 0.05) is 23.6 Å². The number of hydrogen-bond acceptors (Lipinski definition) is 3. The van der Waals surface area contributed by atoms with Crippen molar-refractivity contribution in [3.63, 3.8) is 0 Å². The van der Waals surface area contributed by atoms with E-state index in [9.17, 15) is 0 Å². The minimum atomic E-state index is -0.0327. The van der Waals surface area contributed by atoms with Crippen molar-refractivity contribution in [2.75, 3.05) is 13.2 Å². The number of hydrogen-bond donors (Lipinski definition) is 1. The smallest absolute Gasteiger partial charge is 0.162 e. The Morgan fingerprint density at radius 1 is 1.14 bits per heavy atom. The third kappa shape index (κ3) is 2.74. The Kier molecular flexibility index (Phi) is 4.32. The molecule has 1 aromatic carbocycles. The van der Waals surface area contributed by atoms with E-state index in [1.54, 1.807) is 0 Å². The third-order valence-electron chi connectivity index (χ3n) is 5.17. The first-order valence-electron chi connectivity index (χ1n) is 8.01. The van der Waals surface area contributed by atoms with Gasteiger partial charge in [-0.05, 0) is 36.3 Å². The van der Waals surface area contributed by atoms with Gasteiger partial charge in [0.1, 0.15) is 0 Å². The molecule has 1 heterocycles. The van der Waals surface area contributed by atoms with Gasteiger partial charge in [-0.2, -0.15) is 0 Å². The van der Waals surface area contributed by atoms with Gasteiger partial charge in [0.2, 0.25) is 0 Å². The van der Waals surface area contributed by atoms with E-state index < -0.39 is 0 Å². The lowest BCUT2D eigenvalue weighted by Gasteiger charge is -2.35. The number of fused-ring (bicyclic) bond motifs is 1.